The summed E-state index contributed by atoms with van der Waals surface area (Å²) in [7, 11) is 0. The molecule has 1 aromatic carbocycles. The predicted molar refractivity (Wildman–Crippen MR) is 81.6 cm³/mol. The van der Waals surface area contributed by atoms with Crippen molar-refractivity contribution >= 4 is 23.1 Å². The molecule has 0 atom stereocenters. The topological polar surface area (TPSA) is 12.0 Å². The molecular weight excluding hydrogens is 258 g/mol. The highest BCUT2D eigenvalue weighted by Gasteiger charge is 2.03. The molecule has 18 heavy (non-hydrogen) atoms. The molecule has 0 amide bonds. The van der Waals surface area contributed by atoms with Gasteiger partial charge < -0.3 is 5.32 Å². The van der Waals surface area contributed by atoms with E-state index >= 15 is 0 Å². The van der Waals surface area contributed by atoms with Crippen LogP contribution in [0.15, 0.2) is 44.8 Å². The fourth-order valence-corrected chi connectivity index (χ4v) is 3.48. The van der Waals surface area contributed by atoms with Gasteiger partial charge in [0.2, 0.25) is 0 Å². The first-order chi connectivity index (χ1) is 8.65. The Morgan fingerprint density at radius 2 is 2.11 bits per heavy atom. The first-order valence-corrected chi connectivity index (χ1v) is 7.89. The molecule has 0 saturated carbocycles. The Labute approximate surface area is 118 Å². The Bertz CT molecular complexity index is 489. The molecule has 0 spiro atoms. The lowest BCUT2D eigenvalue weighted by Gasteiger charge is -2.10. The second kappa shape index (κ2) is 6.41. The summed E-state index contributed by atoms with van der Waals surface area (Å²) in [5.74, 6) is 0. The fraction of sp³-hybridized carbons (Fsp3) is 0.333. The summed E-state index contributed by atoms with van der Waals surface area (Å²) < 4.78 is 1.35. The maximum atomic E-state index is 3.45. The molecule has 0 fully saturated rings. The third-order valence-electron chi connectivity index (χ3n) is 2.66. The van der Waals surface area contributed by atoms with Crippen LogP contribution >= 0.6 is 23.1 Å². The molecule has 0 aliphatic rings. The number of thiophene rings is 1. The molecule has 3 heteroatoms. The molecule has 0 aliphatic heterocycles. The summed E-state index contributed by atoms with van der Waals surface area (Å²) in [6.07, 6.45) is 0. The van der Waals surface area contributed by atoms with Crippen molar-refractivity contribution in [1.82, 2.24) is 5.32 Å². The Kier molecular flexibility index (Phi) is 4.87. The summed E-state index contributed by atoms with van der Waals surface area (Å²) in [6.45, 7) is 7.49. The first kappa shape index (κ1) is 13.7. The van der Waals surface area contributed by atoms with Gasteiger partial charge in [-0.1, -0.05) is 43.8 Å². The second-order valence-corrected chi connectivity index (χ2v) is 6.96. The lowest BCUT2D eigenvalue weighted by molar-refractivity contribution is 0.588. The largest absolute Gasteiger partial charge is 0.310 e. The van der Waals surface area contributed by atoms with Crippen LogP contribution in [0.2, 0.25) is 0 Å². The van der Waals surface area contributed by atoms with E-state index in [1.807, 2.05) is 11.8 Å². The zero-order chi connectivity index (χ0) is 13.0. The highest BCUT2D eigenvalue weighted by Crippen LogP contribution is 2.33. The van der Waals surface area contributed by atoms with Crippen molar-refractivity contribution in [2.45, 2.75) is 42.5 Å². The van der Waals surface area contributed by atoms with Gasteiger partial charge in [-0.2, -0.15) is 0 Å². The predicted octanol–water partition coefficient (Wildman–Crippen LogP) is 4.71. The second-order valence-electron chi connectivity index (χ2n) is 4.67. The number of hydrogen-bond acceptors (Lipinski definition) is 3. The average molecular weight is 277 g/mol. The molecule has 0 aliphatic carbocycles. The molecular formula is C15H19NS2. The van der Waals surface area contributed by atoms with Crippen LogP contribution < -0.4 is 5.32 Å². The Hall–Kier alpha value is -0.770. The van der Waals surface area contributed by atoms with Crippen LogP contribution in [-0.2, 0) is 6.54 Å². The molecule has 0 unspecified atom stereocenters. The van der Waals surface area contributed by atoms with Crippen molar-refractivity contribution < 1.29 is 0 Å². The fourth-order valence-electron chi connectivity index (χ4n) is 1.69. The minimum atomic E-state index is 0.533. The van der Waals surface area contributed by atoms with Crippen molar-refractivity contribution in [3.63, 3.8) is 0 Å². The Morgan fingerprint density at radius 3 is 2.72 bits per heavy atom. The first-order valence-electron chi connectivity index (χ1n) is 6.19. The summed E-state index contributed by atoms with van der Waals surface area (Å²) in [6, 6.07) is 11.5. The summed E-state index contributed by atoms with van der Waals surface area (Å²) in [5.41, 5.74) is 2.72. The van der Waals surface area contributed by atoms with Crippen LogP contribution in [0, 0.1) is 6.92 Å². The smallest absolute Gasteiger partial charge is 0.0646 e. The molecule has 1 aromatic heterocycles. The minimum Gasteiger partial charge on any atom is -0.310 e. The number of benzene rings is 1. The van der Waals surface area contributed by atoms with Crippen LogP contribution in [0.5, 0.6) is 0 Å². The van der Waals surface area contributed by atoms with Crippen molar-refractivity contribution in [3.8, 4) is 0 Å². The third-order valence-corrected chi connectivity index (χ3v) is 4.87. The van der Waals surface area contributed by atoms with E-state index in [1.54, 1.807) is 11.3 Å². The van der Waals surface area contributed by atoms with Crippen LogP contribution in [0.4, 0.5) is 0 Å². The SMILES string of the molecule is Cc1cc(CNC(C)C)ccc1Sc1cccs1. The monoisotopic (exact) mass is 277 g/mol. The van der Waals surface area contributed by atoms with Gasteiger partial charge in [0.25, 0.3) is 0 Å². The van der Waals surface area contributed by atoms with Gasteiger partial charge in [0.05, 0.1) is 4.21 Å². The van der Waals surface area contributed by atoms with Crippen LogP contribution in [0.25, 0.3) is 0 Å². The maximum Gasteiger partial charge on any atom is 0.0646 e. The van der Waals surface area contributed by atoms with Crippen molar-refractivity contribution in [1.29, 1.82) is 0 Å². The van der Waals surface area contributed by atoms with Crippen LogP contribution in [0.3, 0.4) is 0 Å². The van der Waals surface area contributed by atoms with Gasteiger partial charge in [0, 0.05) is 17.5 Å². The lowest BCUT2D eigenvalue weighted by atomic mass is 10.1. The normalized spacial score (nSPS) is 11.1. The Balaban J connectivity index is 2.05. The number of nitrogens with one attached hydrogen (secondary N) is 1. The average Bonchev–Trinajstić information content (AvgIpc) is 2.82. The molecule has 96 valence electrons. The van der Waals surface area contributed by atoms with E-state index in [-0.39, 0.29) is 0 Å². The number of aryl methyl sites for hydroxylation is 1. The molecule has 2 rings (SSSR count). The zero-order valence-corrected chi connectivity index (χ0v) is 12.7. The van der Waals surface area contributed by atoms with E-state index in [1.165, 1.54) is 20.2 Å². The van der Waals surface area contributed by atoms with Gasteiger partial charge in [0.15, 0.2) is 0 Å². The molecule has 0 bridgehead atoms. The number of hydrogen-bond donors (Lipinski definition) is 1. The molecule has 0 radical (unpaired) electrons. The third kappa shape index (κ3) is 3.87. The Morgan fingerprint density at radius 1 is 1.28 bits per heavy atom. The van der Waals surface area contributed by atoms with E-state index < -0.39 is 0 Å². The number of rotatable bonds is 5. The molecule has 2 aromatic rings. The van der Waals surface area contributed by atoms with E-state index in [0.29, 0.717) is 6.04 Å². The van der Waals surface area contributed by atoms with Gasteiger partial charge in [-0.25, -0.2) is 0 Å². The lowest BCUT2D eigenvalue weighted by Crippen LogP contribution is -2.21. The summed E-state index contributed by atoms with van der Waals surface area (Å²) in [5, 5.41) is 5.57. The van der Waals surface area contributed by atoms with Gasteiger partial charge in [-0.15, -0.1) is 11.3 Å². The van der Waals surface area contributed by atoms with E-state index in [2.05, 4.69) is 61.8 Å². The van der Waals surface area contributed by atoms with E-state index in [0.717, 1.165) is 6.54 Å². The van der Waals surface area contributed by atoms with Gasteiger partial charge in [0.1, 0.15) is 0 Å². The highest BCUT2D eigenvalue weighted by molar-refractivity contribution is 8.01. The maximum absolute atomic E-state index is 3.45. The van der Waals surface area contributed by atoms with Gasteiger partial charge in [-0.05, 0) is 35.6 Å². The van der Waals surface area contributed by atoms with Crippen molar-refractivity contribution in [2.24, 2.45) is 0 Å². The van der Waals surface area contributed by atoms with Crippen LogP contribution in [0.1, 0.15) is 25.0 Å². The summed E-state index contributed by atoms with van der Waals surface area (Å²) in [4.78, 5) is 1.35. The standard InChI is InChI=1S/C15H19NS2/c1-11(2)16-10-13-6-7-14(12(3)9-13)18-15-5-4-8-17-15/h4-9,11,16H,10H2,1-3H3. The van der Waals surface area contributed by atoms with Gasteiger partial charge >= 0.3 is 0 Å². The van der Waals surface area contributed by atoms with Crippen LogP contribution in [-0.4, -0.2) is 6.04 Å². The highest BCUT2D eigenvalue weighted by atomic mass is 32.2. The quantitative estimate of drug-likeness (QED) is 0.849. The van der Waals surface area contributed by atoms with Crippen molar-refractivity contribution in [3.05, 3.63) is 46.8 Å². The van der Waals surface area contributed by atoms with Gasteiger partial charge in [-0.3, -0.25) is 0 Å². The van der Waals surface area contributed by atoms with E-state index in [9.17, 15) is 0 Å². The zero-order valence-electron chi connectivity index (χ0n) is 11.1. The molecule has 0 saturated heterocycles. The molecule has 1 heterocycles. The van der Waals surface area contributed by atoms with Crippen molar-refractivity contribution in [2.75, 3.05) is 0 Å². The van der Waals surface area contributed by atoms with E-state index in [4.69, 9.17) is 0 Å². The summed E-state index contributed by atoms with van der Waals surface area (Å²) >= 11 is 3.65. The molecule has 1 nitrogen and oxygen atoms in total. The molecule has 1 N–H and O–H groups in total. The minimum absolute atomic E-state index is 0.533.